The summed E-state index contributed by atoms with van der Waals surface area (Å²) in [5.74, 6) is 1.57. The van der Waals surface area contributed by atoms with E-state index in [9.17, 15) is 13.9 Å². The van der Waals surface area contributed by atoms with Crippen molar-refractivity contribution < 1.29 is 13.9 Å². The van der Waals surface area contributed by atoms with E-state index in [-0.39, 0.29) is 24.2 Å². The van der Waals surface area contributed by atoms with Gasteiger partial charge in [-0.1, -0.05) is 20.8 Å². The molecule has 0 aromatic carbocycles. The quantitative estimate of drug-likeness (QED) is 0.574. The van der Waals surface area contributed by atoms with Gasteiger partial charge in [0, 0.05) is 19.4 Å². The van der Waals surface area contributed by atoms with E-state index in [1.807, 2.05) is 0 Å². The zero-order valence-electron chi connectivity index (χ0n) is 17.7. The second kappa shape index (κ2) is 6.96. The van der Waals surface area contributed by atoms with Gasteiger partial charge in [-0.05, 0) is 104 Å². The Hall–Kier alpha value is -0.180. The molecule has 4 aliphatic carbocycles. The molecule has 156 valence electrons. The average molecular weight is 383 g/mol. The fraction of sp³-hybridized carbons (Fsp3) is 1.00. The van der Waals surface area contributed by atoms with E-state index in [0.29, 0.717) is 23.9 Å². The summed E-state index contributed by atoms with van der Waals surface area (Å²) in [5.41, 5.74) is 0.602. The summed E-state index contributed by atoms with van der Waals surface area (Å²) in [7, 11) is 0. The molecule has 4 saturated carbocycles. The first-order valence-corrected chi connectivity index (χ1v) is 11.7. The van der Waals surface area contributed by atoms with Gasteiger partial charge in [-0.3, -0.25) is 0 Å². The highest BCUT2D eigenvalue weighted by Gasteiger charge is 2.61. The molecule has 0 amide bonds. The predicted octanol–water partition coefficient (Wildman–Crippen LogP) is 6.69. The van der Waals surface area contributed by atoms with Crippen LogP contribution in [-0.4, -0.2) is 17.6 Å². The normalized spacial score (nSPS) is 49.8. The lowest BCUT2D eigenvalue weighted by atomic mass is 9.44. The number of alkyl halides is 2. The number of aliphatic hydroxyl groups is 1. The first-order valence-electron chi connectivity index (χ1n) is 11.7. The lowest BCUT2D eigenvalue weighted by Crippen LogP contribution is -2.55. The molecule has 0 heterocycles. The highest BCUT2D eigenvalue weighted by molar-refractivity contribution is 5.10. The molecule has 2 unspecified atom stereocenters. The SMILES string of the molecule is CC(CCCO)C1CC[C@H]2[C@@H]3CC[C@@H]4CC(F)(F)CC[C@]4(C)[C@H]3CC[C@]12C. The van der Waals surface area contributed by atoms with Crippen LogP contribution < -0.4 is 0 Å². The smallest absolute Gasteiger partial charge is 0.248 e. The van der Waals surface area contributed by atoms with E-state index in [4.69, 9.17) is 0 Å². The Balaban J connectivity index is 1.52. The molecule has 4 fully saturated rings. The Kier molecular flexibility index (Phi) is 5.18. The van der Waals surface area contributed by atoms with Crippen molar-refractivity contribution in [2.45, 2.75) is 97.3 Å². The minimum Gasteiger partial charge on any atom is -0.396 e. The average Bonchev–Trinajstić information content (AvgIpc) is 2.97. The molecule has 0 spiro atoms. The first kappa shape index (κ1) is 20.1. The summed E-state index contributed by atoms with van der Waals surface area (Å²) in [6.45, 7) is 7.65. The third-order valence-corrected chi connectivity index (χ3v) is 10.2. The van der Waals surface area contributed by atoms with Crippen LogP contribution in [0.25, 0.3) is 0 Å². The summed E-state index contributed by atoms with van der Waals surface area (Å²) in [6, 6.07) is 0. The molecule has 0 aromatic heterocycles. The van der Waals surface area contributed by atoms with Gasteiger partial charge in [0.25, 0.3) is 0 Å². The summed E-state index contributed by atoms with van der Waals surface area (Å²) >= 11 is 0. The number of halogens is 2. The van der Waals surface area contributed by atoms with Crippen molar-refractivity contribution in [2.75, 3.05) is 6.61 Å². The summed E-state index contributed by atoms with van der Waals surface area (Å²) in [6.07, 6.45) is 10.6. The first-order chi connectivity index (χ1) is 12.7. The predicted molar refractivity (Wildman–Crippen MR) is 106 cm³/mol. The van der Waals surface area contributed by atoms with E-state index in [1.54, 1.807) is 0 Å². The molecule has 0 radical (unpaired) electrons. The minimum absolute atomic E-state index is 0.117. The molecule has 0 aliphatic heterocycles. The van der Waals surface area contributed by atoms with Crippen molar-refractivity contribution in [1.29, 1.82) is 0 Å². The van der Waals surface area contributed by atoms with Crippen LogP contribution in [0.15, 0.2) is 0 Å². The molecule has 1 nitrogen and oxygen atoms in total. The van der Waals surface area contributed by atoms with Gasteiger partial charge in [0.2, 0.25) is 5.92 Å². The molecule has 1 N–H and O–H groups in total. The van der Waals surface area contributed by atoms with E-state index in [0.717, 1.165) is 43.4 Å². The Morgan fingerprint density at radius 1 is 0.926 bits per heavy atom. The lowest BCUT2D eigenvalue weighted by Gasteiger charge is -2.61. The van der Waals surface area contributed by atoms with Crippen molar-refractivity contribution in [3.05, 3.63) is 0 Å². The number of hydrogen-bond acceptors (Lipinski definition) is 1. The van der Waals surface area contributed by atoms with Crippen molar-refractivity contribution in [3.63, 3.8) is 0 Å². The largest absolute Gasteiger partial charge is 0.396 e. The van der Waals surface area contributed by atoms with Gasteiger partial charge in [0.1, 0.15) is 0 Å². The molecular weight excluding hydrogens is 342 g/mol. The van der Waals surface area contributed by atoms with Crippen LogP contribution in [0.3, 0.4) is 0 Å². The van der Waals surface area contributed by atoms with Crippen LogP contribution in [0.2, 0.25) is 0 Å². The van der Waals surface area contributed by atoms with Gasteiger partial charge in [0.05, 0.1) is 0 Å². The molecule has 4 rings (SSSR count). The van der Waals surface area contributed by atoms with Crippen LogP contribution in [0.4, 0.5) is 8.78 Å². The zero-order chi connectivity index (χ0) is 19.4. The zero-order valence-corrected chi connectivity index (χ0v) is 17.7. The van der Waals surface area contributed by atoms with Crippen LogP contribution >= 0.6 is 0 Å². The van der Waals surface area contributed by atoms with Gasteiger partial charge in [0.15, 0.2) is 0 Å². The highest BCUT2D eigenvalue weighted by Crippen LogP contribution is 2.69. The van der Waals surface area contributed by atoms with Gasteiger partial charge in [-0.25, -0.2) is 8.78 Å². The van der Waals surface area contributed by atoms with E-state index < -0.39 is 5.92 Å². The van der Waals surface area contributed by atoms with Gasteiger partial charge in [-0.15, -0.1) is 0 Å². The standard InChI is InChI=1S/C24H40F2O/c1-16(5-4-14-27)19-8-9-20-18-7-6-17-15-24(25,26)13-12-22(17,2)21(18)10-11-23(19,20)3/h16-21,27H,4-15H2,1-3H3/t16?,17-,18+,19?,20+,21+,22+,23-/m1/s1. The molecule has 4 aliphatic rings. The fourth-order valence-electron chi connectivity index (χ4n) is 8.76. The monoisotopic (exact) mass is 382 g/mol. The van der Waals surface area contributed by atoms with Crippen LogP contribution in [0.5, 0.6) is 0 Å². The van der Waals surface area contributed by atoms with E-state index >= 15 is 0 Å². The molecule has 27 heavy (non-hydrogen) atoms. The van der Waals surface area contributed by atoms with Crippen molar-refractivity contribution in [3.8, 4) is 0 Å². The number of hydrogen-bond donors (Lipinski definition) is 1. The Morgan fingerprint density at radius 3 is 2.41 bits per heavy atom. The van der Waals surface area contributed by atoms with Crippen LogP contribution in [0, 0.1) is 46.3 Å². The molecule has 0 aromatic rings. The number of rotatable bonds is 4. The van der Waals surface area contributed by atoms with Gasteiger partial charge < -0.3 is 5.11 Å². The molecule has 0 saturated heterocycles. The third-order valence-electron chi connectivity index (χ3n) is 10.2. The highest BCUT2D eigenvalue weighted by atomic mass is 19.3. The maximum atomic E-state index is 14.1. The Morgan fingerprint density at radius 2 is 1.67 bits per heavy atom. The maximum absolute atomic E-state index is 14.1. The van der Waals surface area contributed by atoms with Crippen molar-refractivity contribution >= 4 is 0 Å². The maximum Gasteiger partial charge on any atom is 0.248 e. The topological polar surface area (TPSA) is 20.2 Å². The van der Waals surface area contributed by atoms with E-state index in [2.05, 4.69) is 20.8 Å². The Bertz CT molecular complexity index is 548. The minimum atomic E-state index is -2.42. The molecule has 8 atom stereocenters. The second-order valence-corrected chi connectivity index (χ2v) is 11.3. The molecule has 3 heteroatoms. The van der Waals surface area contributed by atoms with Gasteiger partial charge >= 0.3 is 0 Å². The lowest BCUT2D eigenvalue weighted by molar-refractivity contribution is -0.164. The van der Waals surface area contributed by atoms with Crippen LogP contribution in [0.1, 0.15) is 91.4 Å². The summed E-state index contributed by atoms with van der Waals surface area (Å²) in [5, 5.41) is 9.23. The van der Waals surface area contributed by atoms with Crippen LogP contribution in [-0.2, 0) is 0 Å². The van der Waals surface area contributed by atoms with Crippen molar-refractivity contribution in [2.24, 2.45) is 46.3 Å². The van der Waals surface area contributed by atoms with Crippen molar-refractivity contribution in [1.82, 2.24) is 0 Å². The fourth-order valence-corrected chi connectivity index (χ4v) is 8.76. The molecule has 0 bridgehead atoms. The Labute approximate surface area is 164 Å². The van der Waals surface area contributed by atoms with Gasteiger partial charge in [-0.2, -0.15) is 0 Å². The van der Waals surface area contributed by atoms with E-state index in [1.165, 1.54) is 32.1 Å². The number of fused-ring (bicyclic) bond motifs is 5. The third kappa shape index (κ3) is 3.19. The second-order valence-electron chi connectivity index (χ2n) is 11.3. The molecular formula is C24H40F2O. The summed E-state index contributed by atoms with van der Waals surface area (Å²) in [4.78, 5) is 0. The summed E-state index contributed by atoms with van der Waals surface area (Å²) < 4.78 is 28.1. The number of aliphatic hydroxyl groups excluding tert-OH is 1.